The summed E-state index contributed by atoms with van der Waals surface area (Å²) < 4.78 is 0. The third-order valence-electron chi connectivity index (χ3n) is 2.55. The number of hydrogen-bond donors (Lipinski definition) is 3. The second-order valence-electron chi connectivity index (χ2n) is 3.81. The summed E-state index contributed by atoms with van der Waals surface area (Å²) in [4.78, 5) is 35.8. The molecule has 0 saturated heterocycles. The summed E-state index contributed by atoms with van der Waals surface area (Å²) in [6, 6.07) is 4.58. The molecule has 3 N–H and O–H groups in total. The fourth-order valence-electron chi connectivity index (χ4n) is 1.67. The van der Waals surface area contributed by atoms with E-state index in [1.54, 1.807) is 12.1 Å². The molecule has 19 heavy (non-hydrogen) atoms. The van der Waals surface area contributed by atoms with Crippen molar-refractivity contribution in [2.75, 3.05) is 0 Å². The molecule has 6 heteroatoms. The van der Waals surface area contributed by atoms with Crippen LogP contribution < -0.4 is 5.43 Å². The Hall–Kier alpha value is -2.89. The maximum absolute atomic E-state index is 11.8. The number of rotatable bonds is 3. The van der Waals surface area contributed by atoms with Crippen LogP contribution in [0.4, 0.5) is 0 Å². The van der Waals surface area contributed by atoms with Gasteiger partial charge in [-0.2, -0.15) is 0 Å². The topological polar surface area (TPSA) is 107 Å². The number of pyridine rings is 1. The Balaban J connectivity index is 2.58. The zero-order valence-corrected chi connectivity index (χ0v) is 9.58. The zero-order chi connectivity index (χ0) is 14.0. The first-order chi connectivity index (χ1) is 8.99. The summed E-state index contributed by atoms with van der Waals surface area (Å²) in [5.41, 5.74) is 0.132. The molecular formula is C13H9NO5. The number of aromatic carboxylic acids is 1. The lowest BCUT2D eigenvalue weighted by atomic mass is 10.1. The molecule has 0 spiro atoms. The van der Waals surface area contributed by atoms with E-state index < -0.39 is 17.4 Å². The van der Waals surface area contributed by atoms with Crippen LogP contribution in [0, 0.1) is 0 Å². The molecule has 2 aromatic rings. The summed E-state index contributed by atoms with van der Waals surface area (Å²) in [5.74, 6) is -2.37. The number of carbonyl (C=O) groups is 2. The quantitative estimate of drug-likeness (QED) is 0.720. The average molecular weight is 259 g/mol. The van der Waals surface area contributed by atoms with Crippen LogP contribution in [0.3, 0.4) is 0 Å². The lowest BCUT2D eigenvalue weighted by Crippen LogP contribution is -2.15. The minimum atomic E-state index is -1.29. The smallest absolute Gasteiger partial charge is 0.341 e. The van der Waals surface area contributed by atoms with E-state index in [9.17, 15) is 14.4 Å². The number of carboxylic acids is 2. The molecule has 2 rings (SSSR count). The third-order valence-corrected chi connectivity index (χ3v) is 2.55. The molecule has 0 saturated carbocycles. The molecule has 1 aromatic carbocycles. The summed E-state index contributed by atoms with van der Waals surface area (Å²) in [6.07, 6.45) is 3.48. The SMILES string of the molecule is O=C(O)C=Cc1ccc2c(=O)c(C(=O)O)c[nH]c2c1. The van der Waals surface area contributed by atoms with E-state index >= 15 is 0 Å². The highest BCUT2D eigenvalue weighted by molar-refractivity contribution is 5.93. The Bertz CT molecular complexity index is 757. The van der Waals surface area contributed by atoms with Gasteiger partial charge in [0, 0.05) is 23.2 Å². The van der Waals surface area contributed by atoms with Crippen molar-refractivity contribution >= 4 is 28.9 Å². The minimum Gasteiger partial charge on any atom is -0.478 e. The van der Waals surface area contributed by atoms with E-state index in [1.165, 1.54) is 12.1 Å². The Morgan fingerprint density at radius 2 is 1.95 bits per heavy atom. The summed E-state index contributed by atoms with van der Waals surface area (Å²) in [7, 11) is 0. The van der Waals surface area contributed by atoms with Crippen LogP contribution in [0.5, 0.6) is 0 Å². The number of nitrogens with one attached hydrogen (secondary N) is 1. The predicted octanol–water partition coefficient (Wildman–Crippen LogP) is 1.32. The van der Waals surface area contributed by atoms with E-state index in [0.29, 0.717) is 11.1 Å². The third kappa shape index (κ3) is 2.52. The van der Waals surface area contributed by atoms with Gasteiger partial charge in [-0.05, 0) is 23.8 Å². The first-order valence-electron chi connectivity index (χ1n) is 5.29. The Morgan fingerprint density at radius 3 is 2.58 bits per heavy atom. The normalized spacial score (nSPS) is 10.9. The highest BCUT2D eigenvalue weighted by Crippen LogP contribution is 2.12. The van der Waals surface area contributed by atoms with Crippen molar-refractivity contribution in [3.8, 4) is 0 Å². The van der Waals surface area contributed by atoms with Gasteiger partial charge in [0.05, 0.1) is 0 Å². The van der Waals surface area contributed by atoms with E-state index in [1.807, 2.05) is 0 Å². The van der Waals surface area contributed by atoms with Crippen LogP contribution in [-0.2, 0) is 4.79 Å². The van der Waals surface area contributed by atoms with Crippen molar-refractivity contribution in [2.24, 2.45) is 0 Å². The molecule has 0 bridgehead atoms. The molecule has 0 unspecified atom stereocenters. The van der Waals surface area contributed by atoms with Gasteiger partial charge < -0.3 is 15.2 Å². The number of carboxylic acid groups (broad SMARTS) is 2. The Labute approximate surface area is 106 Å². The van der Waals surface area contributed by atoms with Crippen molar-refractivity contribution in [3.63, 3.8) is 0 Å². The second kappa shape index (κ2) is 4.77. The molecule has 0 amide bonds. The largest absolute Gasteiger partial charge is 0.478 e. The molecule has 0 radical (unpaired) electrons. The number of aromatic amines is 1. The number of fused-ring (bicyclic) bond motifs is 1. The van der Waals surface area contributed by atoms with Gasteiger partial charge in [-0.15, -0.1) is 0 Å². The van der Waals surface area contributed by atoms with Gasteiger partial charge >= 0.3 is 11.9 Å². The van der Waals surface area contributed by atoms with Gasteiger partial charge in [-0.25, -0.2) is 9.59 Å². The summed E-state index contributed by atoms with van der Waals surface area (Å²) >= 11 is 0. The van der Waals surface area contributed by atoms with Crippen LogP contribution in [0.15, 0.2) is 35.3 Å². The van der Waals surface area contributed by atoms with E-state index in [2.05, 4.69) is 4.98 Å². The van der Waals surface area contributed by atoms with Gasteiger partial charge in [-0.1, -0.05) is 6.07 Å². The van der Waals surface area contributed by atoms with Gasteiger partial charge in [0.1, 0.15) is 5.56 Å². The monoisotopic (exact) mass is 259 g/mol. The predicted molar refractivity (Wildman–Crippen MR) is 68.2 cm³/mol. The fraction of sp³-hybridized carbons (Fsp3) is 0. The molecule has 1 aromatic heterocycles. The molecule has 96 valence electrons. The second-order valence-corrected chi connectivity index (χ2v) is 3.81. The minimum absolute atomic E-state index is 0.243. The molecular weight excluding hydrogens is 250 g/mol. The van der Waals surface area contributed by atoms with Crippen LogP contribution >= 0.6 is 0 Å². The maximum atomic E-state index is 11.8. The highest BCUT2D eigenvalue weighted by atomic mass is 16.4. The van der Waals surface area contributed by atoms with Crippen LogP contribution in [0.1, 0.15) is 15.9 Å². The van der Waals surface area contributed by atoms with Gasteiger partial charge in [0.25, 0.3) is 0 Å². The number of benzene rings is 1. The number of aliphatic carboxylic acids is 1. The summed E-state index contributed by atoms with van der Waals surface area (Å²) in [5, 5.41) is 17.6. The van der Waals surface area contributed by atoms with Crippen molar-refractivity contribution < 1.29 is 19.8 Å². The van der Waals surface area contributed by atoms with Gasteiger partial charge in [-0.3, -0.25) is 4.79 Å². The van der Waals surface area contributed by atoms with E-state index in [0.717, 1.165) is 12.3 Å². The van der Waals surface area contributed by atoms with Crippen LogP contribution in [0.25, 0.3) is 17.0 Å². The van der Waals surface area contributed by atoms with E-state index in [-0.39, 0.29) is 10.9 Å². The molecule has 6 nitrogen and oxygen atoms in total. The molecule has 0 fully saturated rings. The first-order valence-corrected chi connectivity index (χ1v) is 5.29. The van der Waals surface area contributed by atoms with Crippen molar-refractivity contribution in [1.82, 2.24) is 4.98 Å². The van der Waals surface area contributed by atoms with Gasteiger partial charge in [0.2, 0.25) is 5.43 Å². The van der Waals surface area contributed by atoms with Crippen molar-refractivity contribution in [3.05, 3.63) is 51.8 Å². The standard InChI is InChI=1S/C13H9NO5/c15-11(16)4-2-7-1-3-8-10(5-7)14-6-9(12(8)17)13(18)19/h1-6H,(H,14,17)(H,15,16)(H,18,19). The first kappa shape index (κ1) is 12.6. The van der Waals surface area contributed by atoms with Gasteiger partial charge in [0.15, 0.2) is 0 Å². The van der Waals surface area contributed by atoms with Crippen LogP contribution in [-0.4, -0.2) is 27.1 Å². The lowest BCUT2D eigenvalue weighted by molar-refractivity contribution is -0.131. The zero-order valence-electron chi connectivity index (χ0n) is 9.58. The van der Waals surface area contributed by atoms with Crippen LogP contribution in [0.2, 0.25) is 0 Å². The lowest BCUT2D eigenvalue weighted by Gasteiger charge is -2.01. The Morgan fingerprint density at radius 1 is 1.21 bits per heavy atom. The van der Waals surface area contributed by atoms with Crippen molar-refractivity contribution in [2.45, 2.75) is 0 Å². The summed E-state index contributed by atoms with van der Waals surface area (Å²) in [6.45, 7) is 0. The van der Waals surface area contributed by atoms with Crippen molar-refractivity contribution in [1.29, 1.82) is 0 Å². The number of H-pyrrole nitrogens is 1. The Kier molecular flexibility index (Phi) is 3.15. The number of aromatic nitrogens is 1. The number of hydrogen-bond acceptors (Lipinski definition) is 3. The van der Waals surface area contributed by atoms with E-state index in [4.69, 9.17) is 10.2 Å². The molecule has 0 aliphatic carbocycles. The molecule has 0 aliphatic rings. The fourth-order valence-corrected chi connectivity index (χ4v) is 1.67. The highest BCUT2D eigenvalue weighted by Gasteiger charge is 2.11. The maximum Gasteiger partial charge on any atom is 0.341 e. The average Bonchev–Trinajstić information content (AvgIpc) is 2.36. The molecule has 1 heterocycles. The molecule has 0 aliphatic heterocycles. The molecule has 0 atom stereocenters.